The number of nitrogens with zero attached hydrogens (tertiary/aromatic N) is 1. The van der Waals surface area contributed by atoms with E-state index in [0.29, 0.717) is 0 Å². The van der Waals surface area contributed by atoms with E-state index in [0.717, 1.165) is 0 Å². The molecule has 0 aromatic carbocycles. The van der Waals surface area contributed by atoms with Crippen LogP contribution >= 0.6 is 11.3 Å². The van der Waals surface area contributed by atoms with Gasteiger partial charge in [0.05, 0.1) is 0 Å². The summed E-state index contributed by atoms with van der Waals surface area (Å²) in [7, 11) is 0. The van der Waals surface area contributed by atoms with E-state index in [-0.39, 0.29) is 0 Å². The first kappa shape index (κ1) is 12.3. The minimum absolute atomic E-state index is 1.50. The summed E-state index contributed by atoms with van der Waals surface area (Å²) in [4.78, 5) is 19.3. The topological polar surface area (TPSA) is 12.9 Å². The van der Waals surface area contributed by atoms with Gasteiger partial charge in [0, 0.05) is 0 Å². The van der Waals surface area contributed by atoms with Crippen LogP contribution in [-0.2, 0) is 0 Å². The second kappa shape index (κ2) is 4.00. The van der Waals surface area contributed by atoms with Gasteiger partial charge in [0.15, 0.2) is 0 Å². The van der Waals surface area contributed by atoms with Crippen LogP contribution in [0.4, 0.5) is 0 Å². The van der Waals surface area contributed by atoms with Gasteiger partial charge in [-0.05, 0) is 0 Å². The van der Waals surface area contributed by atoms with Crippen molar-refractivity contribution >= 4 is 54.0 Å². The Balaban J connectivity index is 3.01. The van der Waals surface area contributed by atoms with Gasteiger partial charge in [-0.2, -0.15) is 0 Å². The Kier molecular flexibility index (Phi) is 3.79. The van der Waals surface area contributed by atoms with Crippen LogP contribution in [0.15, 0.2) is 6.20 Å². The van der Waals surface area contributed by atoms with E-state index in [2.05, 4.69) is 40.8 Å². The van der Waals surface area contributed by atoms with Crippen LogP contribution in [0, 0.1) is 0 Å². The molecule has 74 valence electrons. The number of thiazole rings is 1. The fourth-order valence-corrected chi connectivity index (χ4v) is 14.1. The Morgan fingerprint density at radius 1 is 1.00 bits per heavy atom. The van der Waals surface area contributed by atoms with Crippen LogP contribution in [0.2, 0.25) is 29.6 Å². The summed E-state index contributed by atoms with van der Waals surface area (Å²) in [6.07, 6.45) is 2.16. The zero-order chi connectivity index (χ0) is 10.3. The quantitative estimate of drug-likeness (QED) is 0.682. The average molecular weight is 411 g/mol. The molecule has 0 N–H and O–H groups in total. The van der Waals surface area contributed by atoms with E-state index in [1.165, 1.54) is 3.02 Å². The molecular weight excluding hydrogens is 392 g/mol. The zero-order valence-electron chi connectivity index (χ0n) is 9.43. The molecule has 1 nitrogen and oxygen atoms in total. The third-order valence-electron chi connectivity index (χ3n) is 1.89. The molecule has 0 fully saturated rings. The van der Waals surface area contributed by atoms with Crippen LogP contribution in [0.1, 0.15) is 0 Å². The molecule has 1 heterocycles. The zero-order valence-corrected chi connectivity index (χ0v) is 16.0. The molecular formula is C9H19NSSn2. The van der Waals surface area contributed by atoms with Crippen molar-refractivity contribution in [3.8, 4) is 0 Å². The van der Waals surface area contributed by atoms with Crippen molar-refractivity contribution in [3.63, 3.8) is 0 Å². The van der Waals surface area contributed by atoms with Crippen molar-refractivity contribution in [1.82, 2.24) is 4.98 Å². The molecule has 0 aliphatic carbocycles. The second-order valence-corrected chi connectivity index (χ2v) is 37.2. The van der Waals surface area contributed by atoms with Gasteiger partial charge in [0.2, 0.25) is 0 Å². The fraction of sp³-hybridized carbons (Fsp3) is 0.667. The molecule has 0 atom stereocenters. The predicted octanol–water partition coefficient (Wildman–Crippen LogP) is 2.23. The Morgan fingerprint density at radius 3 is 1.77 bits per heavy atom. The Bertz CT molecular complexity index is 265. The third kappa shape index (κ3) is 3.37. The van der Waals surface area contributed by atoms with E-state index in [9.17, 15) is 0 Å². The van der Waals surface area contributed by atoms with E-state index in [1.54, 1.807) is 2.89 Å². The molecule has 0 bridgehead atoms. The van der Waals surface area contributed by atoms with E-state index < -0.39 is 36.8 Å². The van der Waals surface area contributed by atoms with E-state index in [1.807, 2.05) is 11.3 Å². The molecule has 0 saturated carbocycles. The second-order valence-electron chi connectivity index (χ2n) is 5.53. The van der Waals surface area contributed by atoms with E-state index in [4.69, 9.17) is 0 Å². The molecule has 0 saturated heterocycles. The van der Waals surface area contributed by atoms with Gasteiger partial charge in [0.25, 0.3) is 0 Å². The molecule has 1 aromatic rings. The summed E-state index contributed by atoms with van der Waals surface area (Å²) < 4.78 is 3.13. The molecule has 13 heavy (non-hydrogen) atoms. The first-order valence-electron chi connectivity index (χ1n) is 4.68. The summed E-state index contributed by atoms with van der Waals surface area (Å²) in [6.45, 7) is 0. The van der Waals surface area contributed by atoms with Gasteiger partial charge in [-0.1, -0.05) is 0 Å². The SMILES string of the molecule is [CH3][Sn]([CH3])([CH3])[c]1cn[c]([Sn]([CH3])([CH3])[CH3])s1. The van der Waals surface area contributed by atoms with Crippen molar-refractivity contribution < 1.29 is 0 Å². The number of rotatable bonds is 2. The summed E-state index contributed by atoms with van der Waals surface area (Å²) in [5.41, 5.74) is 0. The summed E-state index contributed by atoms with van der Waals surface area (Å²) in [5.74, 6) is 0. The van der Waals surface area contributed by atoms with E-state index >= 15 is 0 Å². The van der Waals surface area contributed by atoms with Gasteiger partial charge < -0.3 is 0 Å². The van der Waals surface area contributed by atoms with Crippen LogP contribution in [-0.4, -0.2) is 41.7 Å². The standard InChI is InChI=1S/C3HNS.6CH3.2Sn/c1-2-5-3-4-1;;;;;;;;/h1H;6*1H3;;. The normalized spacial score (nSPS) is 13.4. The maximum atomic E-state index is 4.62. The van der Waals surface area contributed by atoms with Crippen molar-refractivity contribution in [2.24, 2.45) is 0 Å². The molecule has 0 amide bonds. The number of hydrogen-bond donors (Lipinski definition) is 0. The van der Waals surface area contributed by atoms with Gasteiger partial charge in [-0.25, -0.2) is 0 Å². The third-order valence-corrected chi connectivity index (χ3v) is 21.1. The van der Waals surface area contributed by atoms with Crippen molar-refractivity contribution in [1.29, 1.82) is 0 Å². The summed E-state index contributed by atoms with van der Waals surface area (Å²) in [5, 5.41) is 0. The molecule has 1 aromatic heterocycles. The molecule has 0 aliphatic heterocycles. The molecule has 0 radical (unpaired) electrons. The van der Waals surface area contributed by atoms with Crippen LogP contribution in [0.25, 0.3) is 0 Å². The maximum absolute atomic E-state index is 4.62. The van der Waals surface area contributed by atoms with Crippen LogP contribution in [0.3, 0.4) is 0 Å². The minimum atomic E-state index is -1.85. The van der Waals surface area contributed by atoms with Gasteiger partial charge >= 0.3 is 94.8 Å². The summed E-state index contributed by atoms with van der Waals surface area (Å²) >= 11 is -1.64. The molecule has 0 spiro atoms. The Hall–Kier alpha value is 1.23. The van der Waals surface area contributed by atoms with Crippen LogP contribution < -0.4 is 5.92 Å². The molecule has 0 unspecified atom stereocenters. The van der Waals surface area contributed by atoms with Crippen molar-refractivity contribution in [3.05, 3.63) is 6.20 Å². The Labute approximate surface area is 93.7 Å². The molecule has 4 heteroatoms. The first-order chi connectivity index (χ1) is 5.71. The monoisotopic (exact) mass is 413 g/mol. The van der Waals surface area contributed by atoms with Gasteiger partial charge in [-0.3, -0.25) is 0 Å². The Morgan fingerprint density at radius 2 is 1.54 bits per heavy atom. The van der Waals surface area contributed by atoms with Gasteiger partial charge in [0.1, 0.15) is 0 Å². The number of hydrogen-bond acceptors (Lipinski definition) is 2. The van der Waals surface area contributed by atoms with Crippen LogP contribution in [0.5, 0.6) is 0 Å². The van der Waals surface area contributed by atoms with Crippen molar-refractivity contribution in [2.45, 2.75) is 29.6 Å². The van der Waals surface area contributed by atoms with Gasteiger partial charge in [-0.15, -0.1) is 0 Å². The average Bonchev–Trinajstić information content (AvgIpc) is 2.28. The first-order valence-corrected chi connectivity index (χ1v) is 25.5. The summed E-state index contributed by atoms with van der Waals surface area (Å²) in [6, 6.07) is 0. The molecule has 0 aliphatic rings. The number of aromatic nitrogens is 1. The fourth-order valence-electron chi connectivity index (χ4n) is 0.968. The molecule has 1 rings (SSSR count). The predicted molar refractivity (Wildman–Crippen MR) is 68.1 cm³/mol. The van der Waals surface area contributed by atoms with Crippen molar-refractivity contribution in [2.75, 3.05) is 0 Å².